The molecule has 0 spiro atoms. The first-order valence-electron chi connectivity index (χ1n) is 9.15. The summed E-state index contributed by atoms with van der Waals surface area (Å²) in [5, 5.41) is 4.32. The molecule has 0 radical (unpaired) electrons. The Kier molecular flexibility index (Phi) is 6.17. The van der Waals surface area contributed by atoms with Gasteiger partial charge in [0, 0.05) is 31.6 Å². The predicted octanol–water partition coefficient (Wildman–Crippen LogP) is 3.89. The summed E-state index contributed by atoms with van der Waals surface area (Å²) < 4.78 is 0. The molecule has 3 rings (SSSR count). The Morgan fingerprint density at radius 2 is 1.92 bits per heavy atom. The predicted molar refractivity (Wildman–Crippen MR) is 107 cm³/mol. The van der Waals surface area contributed by atoms with Crippen molar-refractivity contribution in [2.45, 2.75) is 32.4 Å². The molecule has 0 bridgehead atoms. The maximum absolute atomic E-state index is 11.4. The van der Waals surface area contributed by atoms with E-state index in [2.05, 4.69) is 53.5 Å². The van der Waals surface area contributed by atoms with E-state index in [1.54, 1.807) is 0 Å². The molecular formula is C21H26ClN3O. The fourth-order valence-corrected chi connectivity index (χ4v) is 3.68. The van der Waals surface area contributed by atoms with Gasteiger partial charge in [-0.25, -0.2) is 0 Å². The van der Waals surface area contributed by atoms with Crippen LogP contribution in [-0.4, -0.2) is 19.0 Å². The van der Waals surface area contributed by atoms with Crippen LogP contribution in [0.15, 0.2) is 48.5 Å². The van der Waals surface area contributed by atoms with Crippen molar-refractivity contribution >= 4 is 23.2 Å². The van der Waals surface area contributed by atoms with Gasteiger partial charge in [-0.2, -0.15) is 0 Å². The number of rotatable bonds is 6. The average Bonchev–Trinajstić information content (AvgIpc) is 2.68. The molecule has 1 fully saturated rings. The SMILES string of the molecule is CC(NCc1ccc(Cl)c(N2CCC(C(N)=O)CC2)c1)c1ccccc1. The van der Waals surface area contributed by atoms with Crippen LogP contribution in [0, 0.1) is 5.92 Å². The Labute approximate surface area is 160 Å². The second-order valence-electron chi connectivity index (χ2n) is 6.96. The summed E-state index contributed by atoms with van der Waals surface area (Å²) in [5.41, 5.74) is 8.94. The van der Waals surface area contributed by atoms with Crippen molar-refractivity contribution in [2.75, 3.05) is 18.0 Å². The molecule has 1 aliphatic rings. The zero-order valence-corrected chi connectivity index (χ0v) is 15.9. The van der Waals surface area contributed by atoms with Crippen molar-refractivity contribution in [3.05, 3.63) is 64.7 Å². The van der Waals surface area contributed by atoms with Gasteiger partial charge in [-0.1, -0.05) is 48.0 Å². The quantitative estimate of drug-likeness (QED) is 0.809. The average molecular weight is 372 g/mol. The van der Waals surface area contributed by atoms with Crippen LogP contribution in [0.4, 0.5) is 5.69 Å². The normalized spacial score (nSPS) is 16.5. The lowest BCUT2D eigenvalue weighted by atomic mass is 9.96. The number of nitrogens with one attached hydrogen (secondary N) is 1. The molecule has 1 aliphatic heterocycles. The summed E-state index contributed by atoms with van der Waals surface area (Å²) in [6.07, 6.45) is 1.58. The number of hydrogen-bond donors (Lipinski definition) is 2. The summed E-state index contributed by atoms with van der Waals surface area (Å²) in [6.45, 7) is 4.56. The van der Waals surface area contributed by atoms with Crippen LogP contribution in [0.3, 0.4) is 0 Å². The summed E-state index contributed by atoms with van der Waals surface area (Å²) in [7, 11) is 0. The van der Waals surface area contributed by atoms with Gasteiger partial charge in [0.2, 0.25) is 5.91 Å². The molecule has 0 saturated carbocycles. The van der Waals surface area contributed by atoms with Crippen LogP contribution in [0.25, 0.3) is 0 Å². The molecule has 5 heteroatoms. The standard InChI is InChI=1S/C21H26ClN3O/c1-15(17-5-3-2-4-6-17)24-14-16-7-8-19(22)20(13-16)25-11-9-18(10-12-25)21(23)26/h2-8,13,15,18,24H,9-12,14H2,1H3,(H2,23,26). The Morgan fingerprint density at radius 3 is 2.58 bits per heavy atom. The Morgan fingerprint density at radius 1 is 1.23 bits per heavy atom. The third-order valence-corrected chi connectivity index (χ3v) is 5.48. The van der Waals surface area contributed by atoms with Crippen LogP contribution < -0.4 is 16.0 Å². The number of piperidine rings is 1. The van der Waals surface area contributed by atoms with Crippen LogP contribution >= 0.6 is 11.6 Å². The number of nitrogens with two attached hydrogens (primary N) is 1. The summed E-state index contributed by atoms with van der Waals surface area (Å²) in [5.74, 6) is -0.204. The van der Waals surface area contributed by atoms with E-state index in [1.807, 2.05) is 12.1 Å². The van der Waals surface area contributed by atoms with Gasteiger partial charge in [0.05, 0.1) is 10.7 Å². The van der Waals surface area contributed by atoms with Gasteiger partial charge in [0.25, 0.3) is 0 Å². The number of nitrogens with zero attached hydrogens (tertiary/aromatic N) is 1. The molecule has 1 amide bonds. The molecular weight excluding hydrogens is 346 g/mol. The highest BCUT2D eigenvalue weighted by molar-refractivity contribution is 6.33. The van der Waals surface area contributed by atoms with Gasteiger partial charge in [0.1, 0.15) is 0 Å². The van der Waals surface area contributed by atoms with E-state index < -0.39 is 0 Å². The van der Waals surface area contributed by atoms with Crippen molar-refractivity contribution in [1.82, 2.24) is 5.32 Å². The first-order valence-corrected chi connectivity index (χ1v) is 9.53. The zero-order valence-electron chi connectivity index (χ0n) is 15.1. The van der Waals surface area contributed by atoms with Gasteiger partial charge in [-0.3, -0.25) is 4.79 Å². The van der Waals surface area contributed by atoms with E-state index in [0.29, 0.717) is 0 Å². The van der Waals surface area contributed by atoms with Gasteiger partial charge < -0.3 is 16.0 Å². The van der Waals surface area contributed by atoms with E-state index in [4.69, 9.17) is 17.3 Å². The number of carbonyl (C=O) groups excluding carboxylic acids is 1. The lowest BCUT2D eigenvalue weighted by Crippen LogP contribution is -2.38. The fraction of sp³-hybridized carbons (Fsp3) is 0.381. The van der Waals surface area contributed by atoms with Crippen molar-refractivity contribution in [3.8, 4) is 0 Å². The number of amides is 1. The zero-order chi connectivity index (χ0) is 18.5. The lowest BCUT2D eigenvalue weighted by Gasteiger charge is -2.33. The highest BCUT2D eigenvalue weighted by atomic mass is 35.5. The van der Waals surface area contributed by atoms with E-state index in [0.717, 1.165) is 43.2 Å². The van der Waals surface area contributed by atoms with E-state index in [-0.39, 0.29) is 17.9 Å². The summed E-state index contributed by atoms with van der Waals surface area (Å²) >= 11 is 6.43. The van der Waals surface area contributed by atoms with Gasteiger partial charge in [-0.05, 0) is 43.0 Å². The fourth-order valence-electron chi connectivity index (χ4n) is 3.45. The minimum Gasteiger partial charge on any atom is -0.370 e. The van der Waals surface area contributed by atoms with Crippen molar-refractivity contribution < 1.29 is 4.79 Å². The van der Waals surface area contributed by atoms with Crippen molar-refractivity contribution in [2.24, 2.45) is 11.7 Å². The number of hydrogen-bond acceptors (Lipinski definition) is 3. The highest BCUT2D eigenvalue weighted by Gasteiger charge is 2.24. The van der Waals surface area contributed by atoms with Gasteiger partial charge in [-0.15, -0.1) is 0 Å². The van der Waals surface area contributed by atoms with Gasteiger partial charge >= 0.3 is 0 Å². The summed E-state index contributed by atoms with van der Waals surface area (Å²) in [4.78, 5) is 13.6. The summed E-state index contributed by atoms with van der Waals surface area (Å²) in [6, 6.07) is 16.9. The molecule has 0 aromatic heterocycles. The third kappa shape index (κ3) is 4.57. The molecule has 1 saturated heterocycles. The second kappa shape index (κ2) is 8.56. The number of benzene rings is 2. The Hall–Kier alpha value is -2.04. The first-order chi connectivity index (χ1) is 12.5. The molecule has 1 unspecified atom stereocenters. The molecule has 0 aliphatic carbocycles. The minimum atomic E-state index is -0.191. The monoisotopic (exact) mass is 371 g/mol. The number of primary amides is 1. The van der Waals surface area contributed by atoms with Crippen LogP contribution in [0.5, 0.6) is 0 Å². The molecule has 4 nitrogen and oxygen atoms in total. The largest absolute Gasteiger partial charge is 0.370 e. The van der Waals surface area contributed by atoms with E-state index >= 15 is 0 Å². The molecule has 2 aromatic carbocycles. The highest BCUT2D eigenvalue weighted by Crippen LogP contribution is 2.31. The third-order valence-electron chi connectivity index (χ3n) is 5.16. The number of halogens is 1. The maximum Gasteiger partial charge on any atom is 0.220 e. The number of anilines is 1. The van der Waals surface area contributed by atoms with Crippen LogP contribution in [-0.2, 0) is 11.3 Å². The van der Waals surface area contributed by atoms with E-state index in [9.17, 15) is 4.79 Å². The topological polar surface area (TPSA) is 58.4 Å². The Balaban J connectivity index is 1.63. The first kappa shape index (κ1) is 18.7. The molecule has 138 valence electrons. The van der Waals surface area contributed by atoms with E-state index in [1.165, 1.54) is 11.1 Å². The van der Waals surface area contributed by atoms with Crippen LogP contribution in [0.1, 0.15) is 36.9 Å². The Bertz CT molecular complexity index is 742. The van der Waals surface area contributed by atoms with Crippen molar-refractivity contribution in [1.29, 1.82) is 0 Å². The molecule has 1 heterocycles. The molecule has 1 atom stereocenters. The van der Waals surface area contributed by atoms with Crippen LogP contribution in [0.2, 0.25) is 5.02 Å². The second-order valence-corrected chi connectivity index (χ2v) is 7.37. The maximum atomic E-state index is 11.4. The molecule has 26 heavy (non-hydrogen) atoms. The lowest BCUT2D eigenvalue weighted by molar-refractivity contribution is -0.122. The minimum absolute atomic E-state index is 0.0124. The van der Waals surface area contributed by atoms with Gasteiger partial charge in [0.15, 0.2) is 0 Å². The van der Waals surface area contributed by atoms with Crippen molar-refractivity contribution in [3.63, 3.8) is 0 Å². The smallest absolute Gasteiger partial charge is 0.220 e. The number of carbonyl (C=O) groups is 1. The molecule has 3 N–H and O–H groups in total. The molecule has 2 aromatic rings.